The lowest BCUT2D eigenvalue weighted by atomic mass is 10.1. The highest BCUT2D eigenvalue weighted by Gasteiger charge is 2.45. The minimum absolute atomic E-state index is 0.0291. The first-order valence-corrected chi connectivity index (χ1v) is 7.46. The first-order valence-electron chi connectivity index (χ1n) is 7.05. The summed E-state index contributed by atoms with van der Waals surface area (Å²) in [6.07, 6.45) is 1.86. The number of anilines is 1. The second-order valence-corrected chi connectivity index (χ2v) is 5.44. The second-order valence-electron chi connectivity index (χ2n) is 5.07. The maximum Gasteiger partial charge on any atom is 0.338 e. The molecule has 2 aliphatic rings. The molecule has 0 aromatic heterocycles. The summed E-state index contributed by atoms with van der Waals surface area (Å²) in [5, 5.41) is 0.561. The predicted molar refractivity (Wildman–Crippen MR) is 82.2 cm³/mol. The van der Waals surface area contributed by atoms with Crippen LogP contribution in [-0.2, 0) is 9.53 Å². The monoisotopic (exact) mass is 304 g/mol. The van der Waals surface area contributed by atoms with Crippen LogP contribution in [0, 0.1) is 0 Å². The molecule has 110 valence electrons. The van der Waals surface area contributed by atoms with Gasteiger partial charge in [0, 0.05) is 6.54 Å². The fourth-order valence-corrected chi connectivity index (χ4v) is 3.24. The summed E-state index contributed by atoms with van der Waals surface area (Å²) in [7, 11) is 0. The summed E-state index contributed by atoms with van der Waals surface area (Å²) in [4.78, 5) is 27.6. The van der Waals surface area contributed by atoms with Crippen LogP contribution in [-0.4, -0.2) is 41.1 Å². The highest BCUT2D eigenvalue weighted by Crippen LogP contribution is 2.31. The molecule has 0 N–H and O–H groups in total. The van der Waals surface area contributed by atoms with E-state index in [1.165, 1.54) is 0 Å². The van der Waals surface area contributed by atoms with Gasteiger partial charge in [0.05, 0.1) is 17.9 Å². The molecule has 0 spiro atoms. The van der Waals surface area contributed by atoms with E-state index in [2.05, 4.69) is 0 Å². The lowest BCUT2D eigenvalue weighted by molar-refractivity contribution is -0.119. The summed E-state index contributed by atoms with van der Waals surface area (Å²) in [6.45, 7) is 2.94. The van der Waals surface area contributed by atoms with Crippen molar-refractivity contribution in [3.63, 3.8) is 0 Å². The van der Waals surface area contributed by atoms with E-state index in [1.54, 1.807) is 36.1 Å². The molecule has 21 heavy (non-hydrogen) atoms. The third-order valence-corrected chi connectivity index (χ3v) is 4.25. The Labute approximate surface area is 128 Å². The minimum atomic E-state index is -0.361. The molecule has 0 aliphatic carbocycles. The van der Waals surface area contributed by atoms with Crippen molar-refractivity contribution >= 4 is 34.9 Å². The normalized spacial score (nSPS) is 20.9. The fraction of sp³-hybridized carbons (Fsp3) is 0.400. The van der Waals surface area contributed by atoms with Crippen LogP contribution >= 0.6 is 12.2 Å². The van der Waals surface area contributed by atoms with Crippen LogP contribution in [0.1, 0.15) is 30.1 Å². The number of rotatable bonds is 3. The average molecular weight is 304 g/mol. The Morgan fingerprint density at radius 3 is 2.71 bits per heavy atom. The molecule has 0 unspecified atom stereocenters. The molecule has 1 amide bonds. The molecular formula is C15H16N2O3S. The van der Waals surface area contributed by atoms with Crippen molar-refractivity contribution < 1.29 is 14.3 Å². The van der Waals surface area contributed by atoms with Crippen LogP contribution in [0.4, 0.5) is 5.69 Å². The van der Waals surface area contributed by atoms with Crippen molar-refractivity contribution in [2.24, 2.45) is 0 Å². The second kappa shape index (κ2) is 5.44. The van der Waals surface area contributed by atoms with Gasteiger partial charge in [0.1, 0.15) is 6.04 Å². The SMILES string of the molecule is CCOC(=O)c1ccc(N2C(=O)[C@H]3CCCN3C2=S)cc1. The van der Waals surface area contributed by atoms with E-state index in [0.29, 0.717) is 23.0 Å². The molecule has 6 heteroatoms. The Morgan fingerprint density at radius 1 is 1.38 bits per heavy atom. The third kappa shape index (κ3) is 2.29. The van der Waals surface area contributed by atoms with Crippen molar-refractivity contribution in [2.45, 2.75) is 25.8 Å². The zero-order valence-electron chi connectivity index (χ0n) is 11.7. The Kier molecular flexibility index (Phi) is 3.63. The molecule has 1 aromatic carbocycles. The quantitative estimate of drug-likeness (QED) is 0.631. The number of esters is 1. The molecule has 0 bridgehead atoms. The highest BCUT2D eigenvalue weighted by atomic mass is 32.1. The number of benzene rings is 1. The molecule has 0 saturated carbocycles. The third-order valence-electron chi connectivity index (χ3n) is 3.83. The smallest absolute Gasteiger partial charge is 0.338 e. The van der Waals surface area contributed by atoms with Gasteiger partial charge in [-0.2, -0.15) is 0 Å². The van der Waals surface area contributed by atoms with Crippen LogP contribution in [0.5, 0.6) is 0 Å². The first kappa shape index (κ1) is 14.0. The lowest BCUT2D eigenvalue weighted by Gasteiger charge is -2.18. The number of nitrogens with zero attached hydrogens (tertiary/aromatic N) is 2. The number of ether oxygens (including phenoxy) is 1. The van der Waals surface area contributed by atoms with Crippen molar-refractivity contribution in [1.29, 1.82) is 0 Å². The van der Waals surface area contributed by atoms with E-state index in [9.17, 15) is 9.59 Å². The number of fused-ring (bicyclic) bond motifs is 1. The van der Waals surface area contributed by atoms with E-state index in [4.69, 9.17) is 17.0 Å². The summed E-state index contributed by atoms with van der Waals surface area (Å²) in [6, 6.07) is 6.68. The van der Waals surface area contributed by atoms with E-state index in [-0.39, 0.29) is 17.9 Å². The standard InChI is InChI=1S/C15H16N2O3S/c1-2-20-14(19)10-5-7-11(8-6-10)17-13(18)12-4-3-9-16(12)15(17)21/h5-8,12H,2-4,9H2,1H3/t12-/m1/s1. The average Bonchev–Trinajstić information content (AvgIpc) is 3.05. The van der Waals surface area contributed by atoms with Crippen LogP contribution < -0.4 is 4.90 Å². The van der Waals surface area contributed by atoms with Gasteiger partial charge in [0.15, 0.2) is 5.11 Å². The van der Waals surface area contributed by atoms with Crippen molar-refractivity contribution in [2.75, 3.05) is 18.1 Å². The topological polar surface area (TPSA) is 49.9 Å². The summed E-state index contributed by atoms with van der Waals surface area (Å²) < 4.78 is 4.94. The van der Waals surface area contributed by atoms with E-state index >= 15 is 0 Å². The maximum atomic E-state index is 12.4. The molecule has 5 nitrogen and oxygen atoms in total. The Balaban J connectivity index is 1.83. The Hall–Kier alpha value is -1.95. The highest BCUT2D eigenvalue weighted by molar-refractivity contribution is 7.80. The number of hydrogen-bond acceptors (Lipinski definition) is 4. The van der Waals surface area contributed by atoms with Gasteiger partial charge in [-0.1, -0.05) is 0 Å². The molecule has 0 radical (unpaired) electrons. The van der Waals surface area contributed by atoms with Gasteiger partial charge in [-0.05, 0) is 56.2 Å². The van der Waals surface area contributed by atoms with E-state index < -0.39 is 0 Å². The summed E-state index contributed by atoms with van der Waals surface area (Å²) in [5.74, 6) is -0.332. The van der Waals surface area contributed by atoms with Gasteiger partial charge in [0.25, 0.3) is 5.91 Å². The van der Waals surface area contributed by atoms with Gasteiger partial charge in [-0.3, -0.25) is 9.69 Å². The first-order chi connectivity index (χ1) is 10.1. The lowest BCUT2D eigenvalue weighted by Crippen LogP contribution is -2.32. The van der Waals surface area contributed by atoms with Crippen molar-refractivity contribution in [3.05, 3.63) is 29.8 Å². The predicted octanol–water partition coefficient (Wildman–Crippen LogP) is 1.96. The number of carbonyl (C=O) groups is 2. The molecular weight excluding hydrogens is 288 g/mol. The number of hydrogen-bond donors (Lipinski definition) is 0. The minimum Gasteiger partial charge on any atom is -0.462 e. The van der Waals surface area contributed by atoms with Crippen LogP contribution in [0.15, 0.2) is 24.3 Å². The fourth-order valence-electron chi connectivity index (χ4n) is 2.82. The van der Waals surface area contributed by atoms with E-state index in [0.717, 1.165) is 19.4 Å². The number of amides is 1. The molecule has 2 aliphatic heterocycles. The molecule has 1 atom stereocenters. The van der Waals surface area contributed by atoms with Gasteiger partial charge < -0.3 is 9.64 Å². The van der Waals surface area contributed by atoms with Crippen molar-refractivity contribution in [3.8, 4) is 0 Å². The number of thiocarbonyl (C=S) groups is 1. The summed E-state index contributed by atoms with van der Waals surface area (Å²) >= 11 is 5.40. The molecule has 3 rings (SSSR count). The van der Waals surface area contributed by atoms with Crippen molar-refractivity contribution in [1.82, 2.24) is 4.90 Å². The van der Waals surface area contributed by atoms with Crippen LogP contribution in [0.2, 0.25) is 0 Å². The Morgan fingerprint density at radius 2 is 2.10 bits per heavy atom. The van der Waals surface area contributed by atoms with Crippen LogP contribution in [0.3, 0.4) is 0 Å². The van der Waals surface area contributed by atoms with Gasteiger partial charge >= 0.3 is 5.97 Å². The van der Waals surface area contributed by atoms with Crippen LogP contribution in [0.25, 0.3) is 0 Å². The van der Waals surface area contributed by atoms with Gasteiger partial charge in [0.2, 0.25) is 0 Å². The van der Waals surface area contributed by atoms with Gasteiger partial charge in [-0.25, -0.2) is 4.79 Å². The Bertz CT molecular complexity index is 577. The van der Waals surface area contributed by atoms with E-state index in [1.807, 2.05) is 4.90 Å². The molecule has 1 aromatic rings. The maximum absolute atomic E-state index is 12.4. The summed E-state index contributed by atoms with van der Waals surface area (Å²) in [5.41, 5.74) is 1.17. The zero-order valence-corrected chi connectivity index (χ0v) is 12.6. The number of carbonyl (C=O) groups excluding carboxylic acids is 2. The zero-order chi connectivity index (χ0) is 15.0. The van der Waals surface area contributed by atoms with Gasteiger partial charge in [-0.15, -0.1) is 0 Å². The largest absolute Gasteiger partial charge is 0.462 e. The molecule has 2 heterocycles. The molecule has 2 fully saturated rings. The molecule has 2 saturated heterocycles.